The molecule has 0 aromatic heterocycles. The van der Waals surface area contributed by atoms with E-state index in [-0.39, 0.29) is 12.2 Å². The summed E-state index contributed by atoms with van der Waals surface area (Å²) in [7, 11) is 1.75. The maximum atomic E-state index is 8.98. The van der Waals surface area contributed by atoms with E-state index < -0.39 is 0 Å². The fourth-order valence-electron chi connectivity index (χ4n) is 1.85. The molecule has 0 amide bonds. The molecule has 0 aliphatic rings. The summed E-state index contributed by atoms with van der Waals surface area (Å²) in [5.41, 5.74) is -0.0878. The maximum Gasteiger partial charge on any atom is 0.0637 e. The number of nitrogens with one attached hydrogen (secondary N) is 1. The molecular weight excluding hydrogens is 222 g/mol. The number of methoxy groups -OCH3 is 1. The monoisotopic (exact) mass is 249 g/mol. The highest BCUT2D eigenvalue weighted by Crippen LogP contribution is 2.16. The van der Waals surface area contributed by atoms with Crippen molar-refractivity contribution in [1.82, 2.24) is 5.32 Å². The van der Waals surface area contributed by atoms with Crippen molar-refractivity contribution < 1.29 is 9.84 Å². The Hall–Kier alpha value is 0.230. The van der Waals surface area contributed by atoms with Crippen LogP contribution in [0.5, 0.6) is 0 Å². The Labute approximate surface area is 104 Å². The van der Waals surface area contributed by atoms with Crippen LogP contribution in [-0.2, 0) is 4.74 Å². The van der Waals surface area contributed by atoms with E-state index in [1.54, 1.807) is 7.11 Å². The third-order valence-corrected chi connectivity index (χ3v) is 3.45. The fourth-order valence-corrected chi connectivity index (χ4v) is 2.52. The number of thioether (sulfide) groups is 1. The van der Waals surface area contributed by atoms with Crippen LogP contribution in [0.15, 0.2) is 0 Å². The fraction of sp³-hybridized carbons (Fsp3) is 1.00. The van der Waals surface area contributed by atoms with Gasteiger partial charge in [-0.05, 0) is 39.9 Å². The molecule has 0 aromatic carbocycles. The van der Waals surface area contributed by atoms with Gasteiger partial charge in [0.15, 0.2) is 0 Å². The predicted octanol–water partition coefficient (Wildman–Crippen LogP) is 1.89. The standard InChI is InChI=1S/C12H27NO2S/c1-10(8-12(2,3)15-4)13-11(6-7-14)9-16-5/h10-11,13-14H,6-9H2,1-5H3. The van der Waals surface area contributed by atoms with E-state index in [9.17, 15) is 0 Å². The molecule has 0 bridgehead atoms. The van der Waals surface area contributed by atoms with Crippen LogP contribution in [0, 0.1) is 0 Å². The molecule has 0 heterocycles. The molecule has 0 saturated carbocycles. The summed E-state index contributed by atoms with van der Waals surface area (Å²) in [6.07, 6.45) is 3.88. The molecule has 2 unspecified atom stereocenters. The van der Waals surface area contributed by atoms with Crippen molar-refractivity contribution in [1.29, 1.82) is 0 Å². The number of rotatable bonds is 9. The molecule has 0 saturated heterocycles. The predicted molar refractivity (Wildman–Crippen MR) is 72.2 cm³/mol. The smallest absolute Gasteiger partial charge is 0.0637 e. The van der Waals surface area contributed by atoms with Crippen LogP contribution in [0.25, 0.3) is 0 Å². The molecule has 0 aliphatic heterocycles. The largest absolute Gasteiger partial charge is 0.396 e. The third kappa shape index (κ3) is 7.49. The number of hydrogen-bond acceptors (Lipinski definition) is 4. The van der Waals surface area contributed by atoms with Gasteiger partial charge in [-0.1, -0.05) is 0 Å². The minimum absolute atomic E-state index is 0.0878. The first-order valence-corrected chi connectivity index (χ1v) is 7.25. The quantitative estimate of drug-likeness (QED) is 0.655. The first kappa shape index (κ1) is 16.2. The van der Waals surface area contributed by atoms with Gasteiger partial charge in [-0.2, -0.15) is 11.8 Å². The molecule has 98 valence electrons. The first-order chi connectivity index (χ1) is 7.45. The van der Waals surface area contributed by atoms with Gasteiger partial charge in [0, 0.05) is 31.6 Å². The first-order valence-electron chi connectivity index (χ1n) is 5.86. The molecular formula is C12H27NO2S. The number of ether oxygens (including phenoxy) is 1. The van der Waals surface area contributed by atoms with E-state index in [0.29, 0.717) is 12.1 Å². The molecule has 2 atom stereocenters. The van der Waals surface area contributed by atoms with E-state index in [2.05, 4.69) is 32.3 Å². The van der Waals surface area contributed by atoms with Crippen LogP contribution >= 0.6 is 11.8 Å². The Kier molecular flexibility index (Phi) is 8.46. The minimum Gasteiger partial charge on any atom is -0.396 e. The van der Waals surface area contributed by atoms with Crippen molar-refractivity contribution in [2.24, 2.45) is 0 Å². The van der Waals surface area contributed by atoms with Gasteiger partial charge in [-0.25, -0.2) is 0 Å². The zero-order valence-corrected chi connectivity index (χ0v) is 12.1. The van der Waals surface area contributed by atoms with Gasteiger partial charge in [0.05, 0.1) is 5.60 Å². The SMILES string of the molecule is COC(C)(C)CC(C)NC(CCO)CSC. The van der Waals surface area contributed by atoms with Crippen molar-refractivity contribution in [2.75, 3.05) is 25.7 Å². The Balaban J connectivity index is 4.02. The molecule has 0 rings (SSSR count). The van der Waals surface area contributed by atoms with Gasteiger partial charge in [0.25, 0.3) is 0 Å². The zero-order chi connectivity index (χ0) is 12.6. The summed E-state index contributed by atoms with van der Waals surface area (Å²) in [6.45, 7) is 6.62. The Morgan fingerprint density at radius 3 is 2.50 bits per heavy atom. The highest BCUT2D eigenvalue weighted by atomic mass is 32.2. The lowest BCUT2D eigenvalue weighted by Gasteiger charge is -2.29. The average Bonchev–Trinajstić information content (AvgIpc) is 2.17. The highest BCUT2D eigenvalue weighted by Gasteiger charge is 2.21. The van der Waals surface area contributed by atoms with E-state index >= 15 is 0 Å². The molecule has 4 heteroatoms. The van der Waals surface area contributed by atoms with Gasteiger partial charge in [-0.3, -0.25) is 0 Å². The molecule has 0 fully saturated rings. The van der Waals surface area contributed by atoms with Gasteiger partial charge in [0.1, 0.15) is 0 Å². The molecule has 16 heavy (non-hydrogen) atoms. The van der Waals surface area contributed by atoms with Gasteiger partial charge in [0.2, 0.25) is 0 Å². The summed E-state index contributed by atoms with van der Waals surface area (Å²) in [5, 5.41) is 12.5. The molecule has 0 aliphatic carbocycles. The van der Waals surface area contributed by atoms with Gasteiger partial charge in [-0.15, -0.1) is 0 Å². The molecule has 0 spiro atoms. The van der Waals surface area contributed by atoms with Crippen molar-refractivity contribution in [3.8, 4) is 0 Å². The Bertz CT molecular complexity index is 170. The second kappa shape index (κ2) is 8.34. The number of aliphatic hydroxyl groups excluding tert-OH is 1. The van der Waals surface area contributed by atoms with E-state index in [1.165, 1.54) is 0 Å². The molecule has 3 nitrogen and oxygen atoms in total. The van der Waals surface area contributed by atoms with Crippen molar-refractivity contribution in [3.05, 3.63) is 0 Å². The molecule has 0 radical (unpaired) electrons. The Morgan fingerprint density at radius 2 is 2.06 bits per heavy atom. The van der Waals surface area contributed by atoms with Crippen LogP contribution in [-0.4, -0.2) is 48.5 Å². The Morgan fingerprint density at radius 1 is 1.44 bits per heavy atom. The summed E-state index contributed by atoms with van der Waals surface area (Å²) in [6, 6.07) is 0.793. The van der Waals surface area contributed by atoms with Crippen molar-refractivity contribution >= 4 is 11.8 Å². The van der Waals surface area contributed by atoms with Crippen molar-refractivity contribution in [2.45, 2.75) is 51.3 Å². The summed E-state index contributed by atoms with van der Waals surface area (Å²) < 4.78 is 5.42. The van der Waals surface area contributed by atoms with Crippen LogP contribution < -0.4 is 5.32 Å². The van der Waals surface area contributed by atoms with Crippen LogP contribution in [0.2, 0.25) is 0 Å². The number of aliphatic hydroxyl groups is 1. The second-order valence-corrected chi connectivity index (χ2v) is 5.81. The number of hydrogen-bond donors (Lipinski definition) is 2. The normalized spacial score (nSPS) is 16.1. The van der Waals surface area contributed by atoms with Gasteiger partial charge < -0.3 is 15.2 Å². The topological polar surface area (TPSA) is 41.5 Å². The third-order valence-electron chi connectivity index (χ3n) is 2.72. The summed E-state index contributed by atoms with van der Waals surface area (Å²) in [4.78, 5) is 0. The lowest BCUT2D eigenvalue weighted by Crippen LogP contribution is -2.42. The van der Waals surface area contributed by atoms with Crippen LogP contribution in [0.3, 0.4) is 0 Å². The molecule has 0 aromatic rings. The lowest BCUT2D eigenvalue weighted by molar-refractivity contribution is 0.00771. The summed E-state index contributed by atoms with van der Waals surface area (Å²) >= 11 is 1.81. The lowest BCUT2D eigenvalue weighted by atomic mass is 9.99. The zero-order valence-electron chi connectivity index (χ0n) is 11.2. The summed E-state index contributed by atoms with van der Waals surface area (Å²) in [5.74, 6) is 1.04. The van der Waals surface area contributed by atoms with Gasteiger partial charge >= 0.3 is 0 Å². The van der Waals surface area contributed by atoms with E-state index in [1.807, 2.05) is 11.8 Å². The molecule has 2 N–H and O–H groups in total. The highest BCUT2D eigenvalue weighted by molar-refractivity contribution is 7.98. The second-order valence-electron chi connectivity index (χ2n) is 4.90. The van der Waals surface area contributed by atoms with Crippen LogP contribution in [0.1, 0.15) is 33.6 Å². The van der Waals surface area contributed by atoms with Crippen molar-refractivity contribution in [3.63, 3.8) is 0 Å². The van der Waals surface area contributed by atoms with E-state index in [4.69, 9.17) is 9.84 Å². The van der Waals surface area contributed by atoms with Crippen LogP contribution in [0.4, 0.5) is 0 Å². The van der Waals surface area contributed by atoms with E-state index in [0.717, 1.165) is 18.6 Å². The maximum absolute atomic E-state index is 8.98. The minimum atomic E-state index is -0.0878. The average molecular weight is 249 g/mol.